The average Bonchev–Trinajstić information content (AvgIpc) is 2.90. The third kappa shape index (κ3) is 2.63. The highest BCUT2D eigenvalue weighted by Gasteiger charge is 2.41. The first-order valence-electron chi connectivity index (χ1n) is 7.61. The topological polar surface area (TPSA) is 34.1 Å². The summed E-state index contributed by atoms with van der Waals surface area (Å²) < 4.78 is 13.3. The van der Waals surface area contributed by atoms with Gasteiger partial charge in [0.15, 0.2) is 7.14 Å². The van der Waals surface area contributed by atoms with Crippen molar-refractivity contribution in [2.24, 2.45) is 0 Å². The standard InChI is InChI=1S/C17H25O2P/c1-5-20(19,15-8-6-7-9-15)17(18)16-13(3)10-12(2)11-14(16)4/h10-11,15H,5-9H2,1-4H3. The van der Waals surface area contributed by atoms with Gasteiger partial charge in [-0.05, 0) is 44.7 Å². The molecular formula is C17H25O2P. The number of carbonyl (C=O) groups is 1. The molecular weight excluding hydrogens is 267 g/mol. The van der Waals surface area contributed by atoms with E-state index >= 15 is 0 Å². The third-order valence-corrected chi connectivity index (χ3v) is 8.17. The Morgan fingerprint density at radius 2 is 1.65 bits per heavy atom. The van der Waals surface area contributed by atoms with Crippen LogP contribution in [0.15, 0.2) is 12.1 Å². The summed E-state index contributed by atoms with van der Waals surface area (Å²) in [5.41, 5.74) is 3.87. The van der Waals surface area contributed by atoms with E-state index in [0.29, 0.717) is 11.7 Å². The van der Waals surface area contributed by atoms with E-state index in [1.807, 2.05) is 39.8 Å². The first-order chi connectivity index (χ1) is 9.40. The fourth-order valence-corrected chi connectivity index (χ4v) is 6.66. The van der Waals surface area contributed by atoms with Gasteiger partial charge in [0.05, 0.1) is 0 Å². The normalized spacial score (nSPS) is 19.0. The highest BCUT2D eigenvalue weighted by Crippen LogP contribution is 2.58. The van der Waals surface area contributed by atoms with Crippen molar-refractivity contribution < 1.29 is 9.36 Å². The molecule has 110 valence electrons. The van der Waals surface area contributed by atoms with Gasteiger partial charge in [-0.15, -0.1) is 0 Å². The summed E-state index contributed by atoms with van der Waals surface area (Å²) in [7, 11) is -2.77. The molecule has 20 heavy (non-hydrogen) atoms. The average molecular weight is 292 g/mol. The molecule has 0 heterocycles. The van der Waals surface area contributed by atoms with Crippen LogP contribution in [-0.2, 0) is 4.57 Å². The minimum absolute atomic E-state index is 0.0677. The smallest absolute Gasteiger partial charge is 0.222 e. The molecule has 0 amide bonds. The van der Waals surface area contributed by atoms with E-state index in [1.165, 1.54) is 0 Å². The number of hydrogen-bond acceptors (Lipinski definition) is 2. The van der Waals surface area contributed by atoms with Gasteiger partial charge in [-0.25, -0.2) is 0 Å². The van der Waals surface area contributed by atoms with Crippen LogP contribution in [0.25, 0.3) is 0 Å². The van der Waals surface area contributed by atoms with Crippen molar-refractivity contribution in [1.82, 2.24) is 0 Å². The van der Waals surface area contributed by atoms with Crippen molar-refractivity contribution >= 4 is 12.7 Å². The van der Waals surface area contributed by atoms with E-state index < -0.39 is 7.14 Å². The van der Waals surface area contributed by atoms with Crippen molar-refractivity contribution in [3.63, 3.8) is 0 Å². The number of hydrogen-bond donors (Lipinski definition) is 0. The Kier molecular flexibility index (Phi) is 4.54. The lowest BCUT2D eigenvalue weighted by molar-refractivity contribution is 0.107. The second-order valence-electron chi connectivity index (χ2n) is 6.13. The van der Waals surface area contributed by atoms with Gasteiger partial charge in [-0.2, -0.15) is 0 Å². The molecule has 1 aliphatic rings. The molecule has 1 saturated carbocycles. The van der Waals surface area contributed by atoms with E-state index in [2.05, 4.69) is 0 Å². The quantitative estimate of drug-likeness (QED) is 0.725. The molecule has 1 aromatic rings. The summed E-state index contributed by atoms with van der Waals surface area (Å²) in [6.07, 6.45) is 4.66. The second kappa shape index (κ2) is 5.85. The fraction of sp³-hybridized carbons (Fsp3) is 0.588. The monoisotopic (exact) mass is 292 g/mol. The zero-order valence-electron chi connectivity index (χ0n) is 13.0. The maximum absolute atomic E-state index is 13.3. The van der Waals surface area contributed by atoms with E-state index in [1.54, 1.807) is 0 Å². The molecule has 3 heteroatoms. The molecule has 0 N–H and O–H groups in total. The van der Waals surface area contributed by atoms with Crippen LogP contribution in [0.5, 0.6) is 0 Å². The van der Waals surface area contributed by atoms with Gasteiger partial charge >= 0.3 is 0 Å². The number of benzene rings is 1. The Morgan fingerprint density at radius 3 is 2.10 bits per heavy atom. The van der Waals surface area contributed by atoms with Gasteiger partial charge in [0.2, 0.25) is 5.52 Å². The Morgan fingerprint density at radius 1 is 1.15 bits per heavy atom. The molecule has 0 radical (unpaired) electrons. The van der Waals surface area contributed by atoms with Gasteiger partial charge < -0.3 is 4.57 Å². The highest BCUT2D eigenvalue weighted by molar-refractivity contribution is 7.81. The van der Waals surface area contributed by atoms with Crippen LogP contribution in [0.2, 0.25) is 0 Å². The molecule has 0 aliphatic heterocycles. The first-order valence-corrected chi connectivity index (χ1v) is 9.57. The summed E-state index contributed by atoms with van der Waals surface area (Å²) in [6, 6.07) is 4.05. The fourth-order valence-electron chi connectivity index (χ4n) is 3.60. The molecule has 1 aliphatic carbocycles. The van der Waals surface area contributed by atoms with Gasteiger partial charge in [0.25, 0.3) is 0 Å². The van der Waals surface area contributed by atoms with Crippen molar-refractivity contribution in [3.05, 3.63) is 34.4 Å². The van der Waals surface area contributed by atoms with Crippen LogP contribution >= 0.6 is 7.14 Å². The van der Waals surface area contributed by atoms with Gasteiger partial charge in [0, 0.05) is 17.4 Å². The predicted octanol–water partition coefficient (Wildman–Crippen LogP) is 5.08. The van der Waals surface area contributed by atoms with Crippen LogP contribution in [0, 0.1) is 20.8 Å². The van der Waals surface area contributed by atoms with Crippen LogP contribution in [-0.4, -0.2) is 17.3 Å². The summed E-state index contributed by atoms with van der Waals surface area (Å²) in [5.74, 6) is 0. The third-order valence-electron chi connectivity index (χ3n) is 4.62. The van der Waals surface area contributed by atoms with E-state index in [9.17, 15) is 9.36 Å². The Balaban J connectivity index is 2.46. The van der Waals surface area contributed by atoms with Crippen molar-refractivity contribution in [2.45, 2.75) is 59.0 Å². The van der Waals surface area contributed by atoms with E-state index in [0.717, 1.165) is 42.4 Å². The van der Waals surface area contributed by atoms with Crippen molar-refractivity contribution in [3.8, 4) is 0 Å². The molecule has 0 saturated heterocycles. The number of carbonyl (C=O) groups excluding carboxylic acids is 1. The summed E-state index contributed by atoms with van der Waals surface area (Å²) in [5, 5.41) is 0. The molecule has 1 fully saturated rings. The van der Waals surface area contributed by atoms with Gasteiger partial charge in [-0.3, -0.25) is 4.79 Å². The molecule has 2 nitrogen and oxygen atoms in total. The Hall–Kier alpha value is -0.880. The minimum Gasteiger partial charge on any atom is -0.315 e. The van der Waals surface area contributed by atoms with Crippen LogP contribution in [0.3, 0.4) is 0 Å². The first kappa shape index (κ1) is 15.5. The Bertz CT molecular complexity index is 545. The lowest BCUT2D eigenvalue weighted by Crippen LogP contribution is -2.16. The molecule has 0 bridgehead atoms. The maximum atomic E-state index is 13.3. The minimum atomic E-state index is -2.77. The lowest BCUT2D eigenvalue weighted by Gasteiger charge is -2.23. The highest BCUT2D eigenvalue weighted by atomic mass is 31.2. The van der Waals surface area contributed by atoms with Crippen molar-refractivity contribution in [2.75, 3.05) is 6.16 Å². The molecule has 1 atom stereocenters. The van der Waals surface area contributed by atoms with E-state index in [-0.39, 0.29) is 11.2 Å². The molecule has 0 spiro atoms. The Labute approximate surface area is 122 Å². The van der Waals surface area contributed by atoms with Crippen LogP contribution in [0.1, 0.15) is 59.7 Å². The zero-order chi connectivity index (χ0) is 14.9. The van der Waals surface area contributed by atoms with Crippen LogP contribution < -0.4 is 0 Å². The number of aryl methyl sites for hydroxylation is 3. The van der Waals surface area contributed by atoms with Crippen molar-refractivity contribution in [1.29, 1.82) is 0 Å². The lowest BCUT2D eigenvalue weighted by atomic mass is 10.0. The SMILES string of the molecule is CCP(=O)(C(=O)c1c(C)cc(C)cc1C)C1CCCC1. The number of rotatable bonds is 4. The molecule has 1 unspecified atom stereocenters. The summed E-state index contributed by atoms with van der Waals surface area (Å²) in [4.78, 5) is 13.0. The van der Waals surface area contributed by atoms with Gasteiger partial charge in [-0.1, -0.05) is 37.5 Å². The summed E-state index contributed by atoms with van der Waals surface area (Å²) in [6.45, 7) is 7.87. The molecule has 2 rings (SSSR count). The van der Waals surface area contributed by atoms with E-state index in [4.69, 9.17) is 0 Å². The second-order valence-corrected chi connectivity index (χ2v) is 9.49. The molecule has 1 aromatic carbocycles. The largest absolute Gasteiger partial charge is 0.315 e. The predicted molar refractivity (Wildman–Crippen MR) is 85.4 cm³/mol. The molecule has 0 aromatic heterocycles. The zero-order valence-corrected chi connectivity index (χ0v) is 13.9. The van der Waals surface area contributed by atoms with Crippen LogP contribution in [0.4, 0.5) is 0 Å². The van der Waals surface area contributed by atoms with Gasteiger partial charge in [0.1, 0.15) is 0 Å². The summed E-state index contributed by atoms with van der Waals surface area (Å²) >= 11 is 0. The maximum Gasteiger partial charge on any atom is 0.222 e.